The van der Waals surface area contributed by atoms with Crippen LogP contribution >= 0.6 is 0 Å². The lowest BCUT2D eigenvalue weighted by Crippen LogP contribution is -2.29. The predicted octanol–water partition coefficient (Wildman–Crippen LogP) is 2.16. The smallest absolute Gasteiger partial charge is 0.312 e. The summed E-state index contributed by atoms with van der Waals surface area (Å²) in [5.41, 5.74) is 0.667. The number of carbonyl (C=O) groups is 1. The molecule has 2 atom stereocenters. The third-order valence-electron chi connectivity index (χ3n) is 3.06. The lowest BCUT2D eigenvalue weighted by Gasteiger charge is -2.23. The molecule has 0 saturated carbocycles. The van der Waals surface area contributed by atoms with E-state index in [4.69, 9.17) is 4.74 Å². The van der Waals surface area contributed by atoms with Crippen molar-refractivity contribution in [1.82, 2.24) is 9.78 Å². The molecule has 2 unspecified atom stereocenters. The molecule has 0 saturated heterocycles. The first-order chi connectivity index (χ1) is 9.01. The number of nitrogens with zero attached hydrogens (tertiary/aromatic N) is 2. The van der Waals surface area contributed by atoms with Crippen LogP contribution < -0.4 is 0 Å². The fourth-order valence-corrected chi connectivity index (χ4v) is 2.10. The molecule has 0 aliphatic heterocycles. The van der Waals surface area contributed by atoms with Crippen LogP contribution in [-0.2, 0) is 16.1 Å². The number of aromatic nitrogens is 2. The van der Waals surface area contributed by atoms with Gasteiger partial charge in [0.2, 0.25) is 0 Å². The summed E-state index contributed by atoms with van der Waals surface area (Å²) in [6, 6.07) is 0. The maximum Gasteiger partial charge on any atom is 0.312 e. The summed E-state index contributed by atoms with van der Waals surface area (Å²) in [6.07, 6.45) is 3.52. The Morgan fingerprint density at radius 1 is 1.47 bits per heavy atom. The van der Waals surface area contributed by atoms with E-state index in [1.165, 1.54) is 0 Å². The van der Waals surface area contributed by atoms with Crippen LogP contribution in [0.4, 0.5) is 0 Å². The third-order valence-corrected chi connectivity index (χ3v) is 3.06. The maximum atomic E-state index is 11.9. The second kappa shape index (κ2) is 7.28. The van der Waals surface area contributed by atoms with Crippen LogP contribution in [-0.4, -0.2) is 27.5 Å². The van der Waals surface area contributed by atoms with Gasteiger partial charge in [-0.05, 0) is 19.3 Å². The molecule has 108 valence electrons. The third kappa shape index (κ3) is 4.06. The first-order valence-electron chi connectivity index (χ1n) is 6.88. The quantitative estimate of drug-likeness (QED) is 0.770. The SMILES string of the molecule is CCCn1cc(C(O)C(C(=O)OCC)C(C)C)cn1. The molecule has 19 heavy (non-hydrogen) atoms. The predicted molar refractivity (Wildman–Crippen MR) is 72.4 cm³/mol. The van der Waals surface area contributed by atoms with Crippen LogP contribution in [0.2, 0.25) is 0 Å². The van der Waals surface area contributed by atoms with Crippen molar-refractivity contribution in [1.29, 1.82) is 0 Å². The molecule has 0 amide bonds. The zero-order valence-corrected chi connectivity index (χ0v) is 12.2. The van der Waals surface area contributed by atoms with Gasteiger partial charge in [0.25, 0.3) is 0 Å². The van der Waals surface area contributed by atoms with Crippen molar-refractivity contribution < 1.29 is 14.6 Å². The number of hydrogen-bond donors (Lipinski definition) is 1. The van der Waals surface area contributed by atoms with Crippen molar-refractivity contribution in [2.24, 2.45) is 11.8 Å². The number of esters is 1. The average molecular weight is 268 g/mol. The van der Waals surface area contributed by atoms with E-state index in [1.54, 1.807) is 24.0 Å². The Kier molecular flexibility index (Phi) is 6.02. The lowest BCUT2D eigenvalue weighted by molar-refractivity contribution is -0.154. The Balaban J connectivity index is 2.85. The Bertz CT molecular complexity index is 401. The van der Waals surface area contributed by atoms with Crippen molar-refractivity contribution in [3.05, 3.63) is 18.0 Å². The monoisotopic (exact) mass is 268 g/mol. The van der Waals surface area contributed by atoms with Crippen LogP contribution in [0.3, 0.4) is 0 Å². The number of carbonyl (C=O) groups excluding carboxylic acids is 1. The number of hydrogen-bond acceptors (Lipinski definition) is 4. The Morgan fingerprint density at radius 2 is 2.16 bits per heavy atom. The van der Waals surface area contributed by atoms with Crippen molar-refractivity contribution in [3.63, 3.8) is 0 Å². The topological polar surface area (TPSA) is 64.4 Å². The molecule has 0 spiro atoms. The highest BCUT2D eigenvalue weighted by atomic mass is 16.5. The molecule has 0 fully saturated rings. The largest absolute Gasteiger partial charge is 0.466 e. The van der Waals surface area contributed by atoms with E-state index < -0.39 is 12.0 Å². The van der Waals surface area contributed by atoms with Gasteiger partial charge in [-0.25, -0.2) is 0 Å². The fourth-order valence-electron chi connectivity index (χ4n) is 2.10. The van der Waals surface area contributed by atoms with Gasteiger partial charge in [-0.3, -0.25) is 9.48 Å². The fraction of sp³-hybridized carbons (Fsp3) is 0.714. The lowest BCUT2D eigenvalue weighted by atomic mass is 9.87. The van der Waals surface area contributed by atoms with Crippen LogP contribution in [0.1, 0.15) is 45.8 Å². The molecule has 1 N–H and O–H groups in total. The van der Waals surface area contributed by atoms with Crippen LogP contribution in [0.15, 0.2) is 12.4 Å². The van der Waals surface area contributed by atoms with Crippen molar-refractivity contribution in [3.8, 4) is 0 Å². The van der Waals surface area contributed by atoms with Gasteiger partial charge < -0.3 is 9.84 Å². The van der Waals surface area contributed by atoms with Crippen LogP contribution in [0.5, 0.6) is 0 Å². The minimum atomic E-state index is -0.871. The second-order valence-electron chi connectivity index (χ2n) is 5.00. The molecule has 1 aromatic rings. The molecule has 1 heterocycles. The van der Waals surface area contributed by atoms with E-state index in [9.17, 15) is 9.90 Å². The maximum absolute atomic E-state index is 11.9. The van der Waals surface area contributed by atoms with E-state index in [1.807, 2.05) is 13.8 Å². The average Bonchev–Trinajstić information content (AvgIpc) is 2.78. The molecule has 1 rings (SSSR count). The molecule has 0 aliphatic carbocycles. The summed E-state index contributed by atoms with van der Waals surface area (Å²) < 4.78 is 6.81. The van der Waals surface area contributed by atoms with E-state index in [2.05, 4.69) is 12.0 Å². The molecule has 0 bridgehead atoms. The summed E-state index contributed by atoms with van der Waals surface area (Å²) in [6.45, 7) is 8.76. The van der Waals surface area contributed by atoms with Gasteiger partial charge in [0.15, 0.2) is 0 Å². The van der Waals surface area contributed by atoms with Gasteiger partial charge in [0, 0.05) is 18.3 Å². The molecule has 5 heteroatoms. The molecule has 0 aliphatic rings. The summed E-state index contributed by atoms with van der Waals surface area (Å²) in [4.78, 5) is 11.9. The second-order valence-corrected chi connectivity index (χ2v) is 5.00. The van der Waals surface area contributed by atoms with Crippen LogP contribution in [0, 0.1) is 11.8 Å². The molecular formula is C14H24N2O3. The van der Waals surface area contributed by atoms with Crippen LogP contribution in [0.25, 0.3) is 0 Å². The minimum absolute atomic E-state index is 0.00331. The summed E-state index contributed by atoms with van der Waals surface area (Å²) in [5.74, 6) is -0.906. The highest BCUT2D eigenvalue weighted by Crippen LogP contribution is 2.29. The number of rotatable bonds is 7. The zero-order valence-electron chi connectivity index (χ0n) is 12.2. The van der Waals surface area contributed by atoms with Gasteiger partial charge in [-0.15, -0.1) is 0 Å². The van der Waals surface area contributed by atoms with Crippen molar-refractivity contribution in [2.75, 3.05) is 6.61 Å². The summed E-state index contributed by atoms with van der Waals surface area (Å²) >= 11 is 0. The van der Waals surface area contributed by atoms with Crippen molar-refractivity contribution >= 4 is 5.97 Å². The van der Waals surface area contributed by atoms with Crippen molar-refractivity contribution in [2.45, 2.75) is 46.8 Å². The van der Waals surface area contributed by atoms with Gasteiger partial charge >= 0.3 is 5.97 Å². The first kappa shape index (κ1) is 15.7. The number of aryl methyl sites for hydroxylation is 1. The molecule has 5 nitrogen and oxygen atoms in total. The van der Waals surface area contributed by atoms with Gasteiger partial charge in [-0.1, -0.05) is 20.8 Å². The summed E-state index contributed by atoms with van der Waals surface area (Å²) in [7, 11) is 0. The van der Waals surface area contributed by atoms with Gasteiger partial charge in [0.1, 0.15) is 0 Å². The molecule has 1 aromatic heterocycles. The highest BCUT2D eigenvalue weighted by molar-refractivity contribution is 5.73. The van der Waals surface area contributed by atoms with E-state index in [0.29, 0.717) is 12.2 Å². The van der Waals surface area contributed by atoms with E-state index >= 15 is 0 Å². The normalized spacial score (nSPS) is 14.4. The molecule has 0 aromatic carbocycles. The zero-order chi connectivity index (χ0) is 14.4. The summed E-state index contributed by atoms with van der Waals surface area (Å²) in [5, 5.41) is 14.6. The first-order valence-corrected chi connectivity index (χ1v) is 6.88. The molecular weight excluding hydrogens is 244 g/mol. The minimum Gasteiger partial charge on any atom is -0.466 e. The van der Waals surface area contributed by atoms with E-state index in [-0.39, 0.29) is 11.9 Å². The standard InChI is InChI=1S/C14H24N2O3/c1-5-7-16-9-11(8-15-16)13(17)12(10(3)4)14(18)19-6-2/h8-10,12-13,17H,5-7H2,1-4H3. The number of aliphatic hydroxyl groups is 1. The Morgan fingerprint density at radius 3 is 2.68 bits per heavy atom. The Labute approximate surface area is 114 Å². The van der Waals surface area contributed by atoms with Gasteiger partial charge in [0.05, 0.1) is 24.8 Å². The Hall–Kier alpha value is -1.36. The number of ether oxygens (including phenoxy) is 1. The highest BCUT2D eigenvalue weighted by Gasteiger charge is 2.32. The number of aliphatic hydroxyl groups excluding tert-OH is 1. The van der Waals surface area contributed by atoms with E-state index in [0.717, 1.165) is 13.0 Å². The molecule has 0 radical (unpaired) electrons. The van der Waals surface area contributed by atoms with Gasteiger partial charge in [-0.2, -0.15) is 5.10 Å².